The molecule has 118 valence electrons. The van der Waals surface area contributed by atoms with Gasteiger partial charge in [0, 0.05) is 19.5 Å². The molecule has 0 radical (unpaired) electrons. The van der Waals surface area contributed by atoms with Crippen LogP contribution in [-0.4, -0.2) is 46.3 Å². The first kappa shape index (κ1) is 15.2. The van der Waals surface area contributed by atoms with Crippen molar-refractivity contribution in [2.75, 3.05) is 18.0 Å². The van der Waals surface area contributed by atoms with E-state index in [1.54, 1.807) is 0 Å². The molecule has 0 aromatic carbocycles. The Morgan fingerprint density at radius 3 is 2.77 bits per heavy atom. The second kappa shape index (κ2) is 6.18. The van der Waals surface area contributed by atoms with Crippen LogP contribution in [0.4, 0.5) is 5.82 Å². The molecule has 7 heteroatoms. The van der Waals surface area contributed by atoms with Crippen molar-refractivity contribution in [1.82, 2.24) is 9.97 Å². The lowest BCUT2D eigenvalue weighted by Crippen LogP contribution is -2.45. The van der Waals surface area contributed by atoms with Gasteiger partial charge in [-0.2, -0.15) is 0 Å². The highest BCUT2D eigenvalue weighted by molar-refractivity contribution is 7.18. The van der Waals surface area contributed by atoms with Crippen LogP contribution in [0.2, 0.25) is 0 Å². The molecule has 1 aliphatic rings. The van der Waals surface area contributed by atoms with Gasteiger partial charge < -0.3 is 14.7 Å². The lowest BCUT2D eigenvalue weighted by Gasteiger charge is -2.36. The summed E-state index contributed by atoms with van der Waals surface area (Å²) in [7, 11) is 0. The molecule has 6 nitrogen and oxygen atoms in total. The van der Waals surface area contributed by atoms with E-state index in [2.05, 4.69) is 23.7 Å². The normalized spacial score (nSPS) is 22.2. The summed E-state index contributed by atoms with van der Waals surface area (Å²) >= 11 is 1.48. The number of pyridine rings is 1. The molecule has 0 bridgehead atoms. The zero-order valence-electron chi connectivity index (χ0n) is 12.7. The summed E-state index contributed by atoms with van der Waals surface area (Å²) in [6, 6.07) is 3.94. The third kappa shape index (κ3) is 3.36. The Labute approximate surface area is 132 Å². The Balaban J connectivity index is 1.81. The van der Waals surface area contributed by atoms with Crippen molar-refractivity contribution in [3.8, 4) is 0 Å². The van der Waals surface area contributed by atoms with Crippen LogP contribution in [0.1, 0.15) is 25.3 Å². The van der Waals surface area contributed by atoms with Crippen LogP contribution in [0.15, 0.2) is 12.1 Å². The number of thiazole rings is 1. The van der Waals surface area contributed by atoms with Crippen LogP contribution in [0.3, 0.4) is 0 Å². The highest BCUT2D eigenvalue weighted by atomic mass is 32.1. The van der Waals surface area contributed by atoms with E-state index in [9.17, 15) is 4.79 Å². The molecule has 0 spiro atoms. The molecule has 0 amide bonds. The Morgan fingerprint density at radius 1 is 1.36 bits per heavy atom. The van der Waals surface area contributed by atoms with Gasteiger partial charge in [0.2, 0.25) is 0 Å². The summed E-state index contributed by atoms with van der Waals surface area (Å²) in [5.74, 6) is 0.132. The van der Waals surface area contributed by atoms with Crippen molar-refractivity contribution in [3.63, 3.8) is 0 Å². The Bertz CT molecular complexity index is 678. The fourth-order valence-electron chi connectivity index (χ4n) is 2.71. The predicted octanol–water partition coefficient (Wildman–Crippen LogP) is 2.32. The van der Waals surface area contributed by atoms with Gasteiger partial charge in [-0.15, -0.1) is 0 Å². The number of anilines is 1. The van der Waals surface area contributed by atoms with E-state index in [1.165, 1.54) is 11.3 Å². The summed E-state index contributed by atoms with van der Waals surface area (Å²) in [6.07, 6.45) is 0.935. The second-order valence-corrected chi connectivity index (χ2v) is 6.72. The summed E-state index contributed by atoms with van der Waals surface area (Å²) in [5, 5.41) is 9.58. The number of nitrogens with zero attached hydrogens (tertiary/aromatic N) is 3. The van der Waals surface area contributed by atoms with Gasteiger partial charge in [0.05, 0.1) is 23.6 Å². The molecule has 2 aromatic heterocycles. The number of rotatable bonds is 4. The molecule has 0 saturated carbocycles. The molecule has 1 aliphatic heterocycles. The monoisotopic (exact) mass is 321 g/mol. The van der Waals surface area contributed by atoms with Crippen molar-refractivity contribution in [1.29, 1.82) is 0 Å². The number of morpholine rings is 1. The zero-order valence-corrected chi connectivity index (χ0v) is 13.5. The van der Waals surface area contributed by atoms with Crippen LogP contribution < -0.4 is 4.90 Å². The van der Waals surface area contributed by atoms with Gasteiger partial charge in [-0.1, -0.05) is 11.3 Å². The minimum absolute atomic E-state index is 0.102. The van der Waals surface area contributed by atoms with E-state index in [1.807, 2.05) is 12.1 Å². The summed E-state index contributed by atoms with van der Waals surface area (Å²) in [4.78, 5) is 22.9. The number of aryl methyl sites for hydroxylation is 1. The Hall–Kier alpha value is -1.73. The highest BCUT2D eigenvalue weighted by Gasteiger charge is 2.23. The van der Waals surface area contributed by atoms with Gasteiger partial charge in [0.25, 0.3) is 0 Å². The van der Waals surface area contributed by atoms with E-state index < -0.39 is 5.97 Å². The number of carboxylic acids is 1. The highest BCUT2D eigenvalue weighted by Crippen LogP contribution is 2.26. The van der Waals surface area contributed by atoms with E-state index in [4.69, 9.17) is 14.8 Å². The van der Waals surface area contributed by atoms with Crippen LogP contribution in [-0.2, 0) is 16.0 Å². The standard InChI is InChI=1S/C15H19N3O3S/c1-9-7-18(8-10(2)21-9)12-4-3-11-15(17-12)22-13(16-11)5-6-14(19)20/h3-4,9-10H,5-8H2,1-2H3,(H,19,20)/t9-,10-/m1/s1. The summed E-state index contributed by atoms with van der Waals surface area (Å²) in [6.45, 7) is 5.79. The zero-order chi connectivity index (χ0) is 15.7. The molecular formula is C15H19N3O3S. The minimum atomic E-state index is -0.802. The van der Waals surface area contributed by atoms with Crippen molar-refractivity contribution < 1.29 is 14.6 Å². The van der Waals surface area contributed by atoms with Gasteiger partial charge in [-0.05, 0) is 26.0 Å². The first-order valence-electron chi connectivity index (χ1n) is 7.40. The van der Waals surface area contributed by atoms with Crippen molar-refractivity contribution in [2.24, 2.45) is 0 Å². The number of aromatic nitrogens is 2. The molecular weight excluding hydrogens is 302 g/mol. The lowest BCUT2D eigenvalue weighted by atomic mass is 10.2. The maximum atomic E-state index is 10.7. The van der Waals surface area contributed by atoms with Gasteiger partial charge in [-0.3, -0.25) is 4.79 Å². The number of fused-ring (bicyclic) bond motifs is 1. The SMILES string of the molecule is C[C@@H]1CN(c2ccc3nc(CCC(=O)O)sc3n2)C[C@@H](C)O1. The van der Waals surface area contributed by atoms with Crippen LogP contribution in [0, 0.1) is 0 Å². The third-order valence-corrected chi connectivity index (χ3v) is 4.61. The third-order valence-electron chi connectivity index (χ3n) is 3.58. The van der Waals surface area contributed by atoms with Crippen molar-refractivity contribution in [3.05, 3.63) is 17.1 Å². The van der Waals surface area contributed by atoms with E-state index >= 15 is 0 Å². The number of hydrogen-bond donors (Lipinski definition) is 1. The molecule has 1 N–H and O–H groups in total. The molecule has 3 heterocycles. The molecule has 0 aliphatic carbocycles. The Kier molecular flexibility index (Phi) is 4.26. The number of hydrogen-bond acceptors (Lipinski definition) is 6. The molecule has 0 unspecified atom stereocenters. The quantitative estimate of drug-likeness (QED) is 0.931. The second-order valence-electron chi connectivity index (χ2n) is 5.66. The van der Waals surface area contributed by atoms with Crippen LogP contribution in [0.25, 0.3) is 10.3 Å². The van der Waals surface area contributed by atoms with E-state index in [0.29, 0.717) is 6.42 Å². The molecule has 2 aromatic rings. The number of ether oxygens (including phenoxy) is 1. The average Bonchev–Trinajstić information content (AvgIpc) is 2.86. The first-order valence-corrected chi connectivity index (χ1v) is 8.21. The number of carbonyl (C=O) groups is 1. The smallest absolute Gasteiger partial charge is 0.303 e. The number of carboxylic acid groups (broad SMARTS) is 1. The topological polar surface area (TPSA) is 75.6 Å². The summed E-state index contributed by atoms with van der Waals surface area (Å²) in [5.41, 5.74) is 0.837. The maximum Gasteiger partial charge on any atom is 0.303 e. The van der Waals surface area contributed by atoms with Crippen LogP contribution in [0.5, 0.6) is 0 Å². The maximum absolute atomic E-state index is 10.7. The van der Waals surface area contributed by atoms with Gasteiger partial charge >= 0.3 is 5.97 Å². The van der Waals surface area contributed by atoms with Gasteiger partial charge in [0.1, 0.15) is 16.2 Å². The van der Waals surface area contributed by atoms with Crippen molar-refractivity contribution in [2.45, 2.75) is 38.9 Å². The molecule has 3 rings (SSSR count). The first-order chi connectivity index (χ1) is 10.5. The molecule has 2 atom stereocenters. The average molecular weight is 321 g/mol. The largest absolute Gasteiger partial charge is 0.481 e. The minimum Gasteiger partial charge on any atom is -0.481 e. The van der Waals surface area contributed by atoms with E-state index in [0.717, 1.165) is 34.3 Å². The fraction of sp³-hybridized carbons (Fsp3) is 0.533. The molecule has 1 saturated heterocycles. The molecule has 1 fully saturated rings. The number of aliphatic carboxylic acids is 1. The van der Waals surface area contributed by atoms with Crippen molar-refractivity contribution >= 4 is 33.5 Å². The molecule has 22 heavy (non-hydrogen) atoms. The van der Waals surface area contributed by atoms with E-state index in [-0.39, 0.29) is 18.6 Å². The predicted molar refractivity (Wildman–Crippen MR) is 85.6 cm³/mol. The fourth-order valence-corrected chi connectivity index (χ4v) is 3.64. The van der Waals surface area contributed by atoms with Gasteiger partial charge in [-0.25, -0.2) is 9.97 Å². The Morgan fingerprint density at radius 2 is 2.09 bits per heavy atom. The summed E-state index contributed by atoms with van der Waals surface area (Å²) < 4.78 is 5.75. The lowest BCUT2D eigenvalue weighted by molar-refractivity contribution is -0.136. The van der Waals surface area contributed by atoms with Gasteiger partial charge in [0.15, 0.2) is 0 Å². The van der Waals surface area contributed by atoms with Crippen LogP contribution >= 0.6 is 11.3 Å².